The second kappa shape index (κ2) is 7.11. The number of rotatable bonds is 4. The Morgan fingerprint density at radius 2 is 2.09 bits per heavy atom. The van der Waals surface area contributed by atoms with Crippen LogP contribution < -0.4 is 16.4 Å². The number of carbonyl (C=O) groups is 2. The third kappa shape index (κ3) is 3.59. The first-order valence-electron chi connectivity index (χ1n) is 7.28. The summed E-state index contributed by atoms with van der Waals surface area (Å²) in [5.74, 6) is -0.523. The molecule has 0 aliphatic carbocycles. The van der Waals surface area contributed by atoms with Gasteiger partial charge in [-0.15, -0.1) is 12.4 Å². The zero-order chi connectivity index (χ0) is 15.6. The third-order valence-electron chi connectivity index (χ3n) is 4.42. The summed E-state index contributed by atoms with van der Waals surface area (Å²) in [6, 6.07) is 7.42. The van der Waals surface area contributed by atoms with E-state index < -0.39 is 11.5 Å². The third-order valence-corrected chi connectivity index (χ3v) is 4.42. The maximum atomic E-state index is 12.6. The van der Waals surface area contributed by atoms with Crippen LogP contribution in [0.5, 0.6) is 0 Å². The molecule has 122 valence electrons. The topological polar surface area (TPSA) is 84.2 Å². The average Bonchev–Trinajstić information content (AvgIpc) is 2.45. The fourth-order valence-electron chi connectivity index (χ4n) is 2.44. The molecule has 1 aliphatic rings. The molecule has 22 heavy (non-hydrogen) atoms. The Bertz CT molecular complexity index is 562. The Morgan fingerprint density at radius 3 is 2.68 bits per heavy atom. The van der Waals surface area contributed by atoms with E-state index in [9.17, 15) is 9.59 Å². The largest absolute Gasteiger partial charge is 0.349 e. The highest BCUT2D eigenvalue weighted by molar-refractivity contribution is 6.01. The predicted octanol–water partition coefficient (Wildman–Crippen LogP) is 2.02. The van der Waals surface area contributed by atoms with Gasteiger partial charge >= 0.3 is 0 Å². The van der Waals surface area contributed by atoms with Crippen LogP contribution in [0.4, 0.5) is 5.69 Å². The van der Waals surface area contributed by atoms with E-state index in [1.807, 2.05) is 45.0 Å². The van der Waals surface area contributed by atoms with Crippen LogP contribution >= 0.6 is 12.4 Å². The Hall–Kier alpha value is -1.59. The highest BCUT2D eigenvalue weighted by Crippen LogP contribution is 2.32. The second-order valence-corrected chi connectivity index (χ2v) is 6.16. The minimum Gasteiger partial charge on any atom is -0.349 e. The molecule has 0 aromatic heterocycles. The van der Waals surface area contributed by atoms with Crippen molar-refractivity contribution in [1.29, 1.82) is 0 Å². The van der Waals surface area contributed by atoms with Gasteiger partial charge in [-0.1, -0.05) is 32.0 Å². The van der Waals surface area contributed by atoms with Crippen molar-refractivity contribution >= 4 is 29.9 Å². The molecule has 0 radical (unpaired) electrons. The summed E-state index contributed by atoms with van der Waals surface area (Å²) in [6.07, 6.45) is 0.168. The number of hydrogen-bond acceptors (Lipinski definition) is 3. The molecule has 1 aliphatic heterocycles. The first kappa shape index (κ1) is 18.5. The summed E-state index contributed by atoms with van der Waals surface area (Å²) < 4.78 is 0. The second-order valence-electron chi connectivity index (χ2n) is 6.16. The van der Waals surface area contributed by atoms with Gasteiger partial charge in [0, 0.05) is 18.7 Å². The number of halogens is 1. The highest BCUT2D eigenvalue weighted by Gasteiger charge is 2.35. The van der Waals surface area contributed by atoms with E-state index in [0.717, 1.165) is 5.56 Å². The van der Waals surface area contributed by atoms with E-state index in [1.54, 1.807) is 0 Å². The van der Waals surface area contributed by atoms with E-state index in [0.29, 0.717) is 12.2 Å². The maximum Gasteiger partial charge on any atom is 0.228 e. The molecule has 2 unspecified atom stereocenters. The number of hydrogen-bond donors (Lipinski definition) is 3. The van der Waals surface area contributed by atoms with Crippen LogP contribution in [0.25, 0.3) is 0 Å². The molecule has 6 heteroatoms. The lowest BCUT2D eigenvalue weighted by Crippen LogP contribution is -2.56. The van der Waals surface area contributed by atoms with Gasteiger partial charge < -0.3 is 16.4 Å². The molecule has 4 N–H and O–H groups in total. The van der Waals surface area contributed by atoms with Crippen molar-refractivity contribution in [2.75, 3.05) is 11.9 Å². The lowest BCUT2D eigenvalue weighted by Gasteiger charge is -2.36. The van der Waals surface area contributed by atoms with Gasteiger partial charge in [-0.05, 0) is 24.5 Å². The van der Waals surface area contributed by atoms with Gasteiger partial charge in [0.15, 0.2) is 0 Å². The minimum absolute atomic E-state index is 0. The SMILES string of the molecule is CC(C)C(C)(CN)NC(=O)C1CC(=O)Nc2ccccc21.Cl. The predicted molar refractivity (Wildman–Crippen MR) is 90.1 cm³/mol. The van der Waals surface area contributed by atoms with Crippen molar-refractivity contribution in [1.82, 2.24) is 5.32 Å². The van der Waals surface area contributed by atoms with Gasteiger partial charge in [-0.3, -0.25) is 9.59 Å². The molecule has 0 bridgehead atoms. The lowest BCUT2D eigenvalue weighted by atomic mass is 9.85. The zero-order valence-corrected chi connectivity index (χ0v) is 14.0. The summed E-state index contributed by atoms with van der Waals surface area (Å²) in [6.45, 7) is 6.34. The van der Waals surface area contributed by atoms with Crippen molar-refractivity contribution in [2.45, 2.75) is 38.6 Å². The number of amides is 2. The van der Waals surface area contributed by atoms with Crippen LogP contribution in [0, 0.1) is 5.92 Å². The number of fused-ring (bicyclic) bond motifs is 1. The molecule has 0 saturated carbocycles. The summed E-state index contributed by atoms with van der Waals surface area (Å²) >= 11 is 0. The first-order valence-corrected chi connectivity index (χ1v) is 7.28. The van der Waals surface area contributed by atoms with Crippen molar-refractivity contribution in [3.05, 3.63) is 29.8 Å². The van der Waals surface area contributed by atoms with Crippen molar-refractivity contribution in [3.63, 3.8) is 0 Å². The smallest absolute Gasteiger partial charge is 0.228 e. The van der Waals surface area contributed by atoms with Crippen molar-refractivity contribution < 1.29 is 9.59 Å². The summed E-state index contributed by atoms with van der Waals surface area (Å²) in [5.41, 5.74) is 6.92. The number of carbonyl (C=O) groups excluding carboxylic acids is 2. The van der Waals surface area contributed by atoms with E-state index in [4.69, 9.17) is 5.73 Å². The number of nitrogens with one attached hydrogen (secondary N) is 2. The summed E-state index contributed by atoms with van der Waals surface area (Å²) in [7, 11) is 0. The Kier molecular flexibility index (Phi) is 5.97. The number of anilines is 1. The lowest BCUT2D eigenvalue weighted by molar-refractivity contribution is -0.128. The van der Waals surface area contributed by atoms with Gasteiger partial charge in [-0.25, -0.2) is 0 Å². The molecule has 0 spiro atoms. The molecule has 1 aromatic carbocycles. The monoisotopic (exact) mass is 325 g/mol. The Balaban J connectivity index is 0.00000242. The van der Waals surface area contributed by atoms with Crippen molar-refractivity contribution in [3.8, 4) is 0 Å². The van der Waals surface area contributed by atoms with Crippen LogP contribution in [0.3, 0.4) is 0 Å². The molecule has 2 amide bonds. The van der Waals surface area contributed by atoms with Crippen LogP contribution in [0.15, 0.2) is 24.3 Å². The van der Waals surface area contributed by atoms with E-state index >= 15 is 0 Å². The molecule has 2 atom stereocenters. The van der Waals surface area contributed by atoms with Gasteiger partial charge in [0.1, 0.15) is 0 Å². The minimum atomic E-state index is -0.472. The Labute approximate surface area is 137 Å². The summed E-state index contributed by atoms with van der Waals surface area (Å²) in [4.78, 5) is 24.4. The van der Waals surface area contributed by atoms with E-state index in [2.05, 4.69) is 10.6 Å². The van der Waals surface area contributed by atoms with E-state index in [-0.39, 0.29) is 36.6 Å². The van der Waals surface area contributed by atoms with Gasteiger partial charge in [0.2, 0.25) is 11.8 Å². The van der Waals surface area contributed by atoms with Crippen LogP contribution in [0.1, 0.15) is 38.7 Å². The van der Waals surface area contributed by atoms with Crippen LogP contribution in [-0.4, -0.2) is 23.9 Å². The number of para-hydroxylation sites is 1. The fraction of sp³-hybridized carbons (Fsp3) is 0.500. The van der Waals surface area contributed by atoms with Gasteiger partial charge in [-0.2, -0.15) is 0 Å². The number of benzene rings is 1. The average molecular weight is 326 g/mol. The standard InChI is InChI=1S/C16H23N3O2.ClH/c1-10(2)16(3,9-17)19-15(21)12-8-14(20)18-13-7-5-4-6-11(12)13;/h4-7,10,12H,8-9,17H2,1-3H3,(H,18,20)(H,19,21);1H. The first-order chi connectivity index (χ1) is 9.87. The van der Waals surface area contributed by atoms with Gasteiger partial charge in [0.05, 0.1) is 11.5 Å². The quantitative estimate of drug-likeness (QED) is 0.792. The Morgan fingerprint density at radius 1 is 1.45 bits per heavy atom. The number of nitrogens with two attached hydrogens (primary N) is 1. The molecule has 0 saturated heterocycles. The summed E-state index contributed by atoms with van der Waals surface area (Å²) in [5, 5.41) is 5.83. The van der Waals surface area contributed by atoms with Crippen LogP contribution in [-0.2, 0) is 9.59 Å². The molecular weight excluding hydrogens is 302 g/mol. The maximum absolute atomic E-state index is 12.6. The highest BCUT2D eigenvalue weighted by atomic mass is 35.5. The fourth-order valence-corrected chi connectivity index (χ4v) is 2.44. The zero-order valence-electron chi connectivity index (χ0n) is 13.2. The molecular formula is C16H24ClN3O2. The molecule has 0 fully saturated rings. The van der Waals surface area contributed by atoms with E-state index in [1.165, 1.54) is 0 Å². The normalized spacial score (nSPS) is 19.5. The molecule has 1 aromatic rings. The van der Waals surface area contributed by atoms with Crippen LogP contribution in [0.2, 0.25) is 0 Å². The molecule has 1 heterocycles. The molecule has 2 rings (SSSR count). The van der Waals surface area contributed by atoms with Crippen molar-refractivity contribution in [2.24, 2.45) is 11.7 Å². The van der Waals surface area contributed by atoms with Gasteiger partial charge in [0.25, 0.3) is 0 Å². The molecule has 5 nitrogen and oxygen atoms in total.